The maximum Gasteiger partial charge on any atom is 0.123 e. The third-order valence-corrected chi connectivity index (χ3v) is 3.46. The van der Waals surface area contributed by atoms with Gasteiger partial charge in [-0.1, -0.05) is 29.8 Å². The van der Waals surface area contributed by atoms with Crippen molar-refractivity contribution in [2.24, 2.45) is 0 Å². The van der Waals surface area contributed by atoms with E-state index in [-0.39, 0.29) is 5.82 Å². The Kier molecular flexibility index (Phi) is 3.69. The smallest absolute Gasteiger partial charge is 0.123 e. The van der Waals surface area contributed by atoms with Crippen molar-refractivity contribution >= 4 is 11.6 Å². The first-order valence-corrected chi connectivity index (χ1v) is 6.07. The van der Waals surface area contributed by atoms with E-state index in [9.17, 15) is 9.50 Å². The highest BCUT2D eigenvalue weighted by Crippen LogP contribution is 2.28. The summed E-state index contributed by atoms with van der Waals surface area (Å²) in [7, 11) is 0. The summed E-state index contributed by atoms with van der Waals surface area (Å²) in [5.74, 6) is -0.347. The third kappa shape index (κ3) is 2.55. The molecule has 0 aliphatic carbocycles. The van der Waals surface area contributed by atoms with Crippen molar-refractivity contribution in [1.29, 1.82) is 0 Å². The van der Waals surface area contributed by atoms with E-state index < -0.39 is 6.10 Å². The Morgan fingerprint density at radius 3 is 2.44 bits per heavy atom. The second-order valence-corrected chi connectivity index (χ2v) is 4.82. The molecule has 18 heavy (non-hydrogen) atoms. The minimum Gasteiger partial charge on any atom is -0.384 e. The van der Waals surface area contributed by atoms with Crippen LogP contribution in [0.5, 0.6) is 0 Å². The topological polar surface area (TPSA) is 20.2 Å². The highest BCUT2D eigenvalue weighted by molar-refractivity contribution is 6.31. The van der Waals surface area contributed by atoms with Gasteiger partial charge in [-0.3, -0.25) is 0 Å². The number of hydrogen-bond donors (Lipinski definition) is 1. The highest BCUT2D eigenvalue weighted by Gasteiger charge is 2.14. The Balaban J connectivity index is 2.44. The number of hydrogen-bond acceptors (Lipinski definition) is 1. The molecule has 1 atom stereocenters. The fourth-order valence-corrected chi connectivity index (χ4v) is 2.04. The molecule has 0 radical (unpaired) electrons. The zero-order valence-corrected chi connectivity index (χ0v) is 11.0. The van der Waals surface area contributed by atoms with Crippen LogP contribution in [-0.2, 0) is 0 Å². The van der Waals surface area contributed by atoms with Gasteiger partial charge in [0.1, 0.15) is 11.9 Å². The molecule has 2 aromatic rings. The Hall–Kier alpha value is -1.38. The molecule has 94 valence electrons. The molecule has 0 heterocycles. The Morgan fingerprint density at radius 2 is 1.78 bits per heavy atom. The molecule has 0 aromatic heterocycles. The first kappa shape index (κ1) is 13.1. The van der Waals surface area contributed by atoms with Crippen molar-refractivity contribution in [2.75, 3.05) is 0 Å². The molecule has 0 spiro atoms. The van der Waals surface area contributed by atoms with E-state index in [1.54, 1.807) is 18.2 Å². The minimum absolute atomic E-state index is 0.347. The summed E-state index contributed by atoms with van der Waals surface area (Å²) in [6, 6.07) is 9.73. The zero-order valence-electron chi connectivity index (χ0n) is 10.2. The Labute approximate surface area is 111 Å². The molecule has 2 rings (SSSR count). The summed E-state index contributed by atoms with van der Waals surface area (Å²) in [6.45, 7) is 3.72. The molecule has 0 saturated carbocycles. The fourth-order valence-electron chi connectivity index (χ4n) is 1.92. The SMILES string of the molecule is Cc1cc(C(O)c2cc(F)ccc2C)ccc1Cl. The Morgan fingerprint density at radius 1 is 1.06 bits per heavy atom. The molecule has 1 unspecified atom stereocenters. The zero-order chi connectivity index (χ0) is 13.3. The van der Waals surface area contributed by atoms with Crippen LogP contribution in [0.25, 0.3) is 0 Å². The van der Waals surface area contributed by atoms with Gasteiger partial charge < -0.3 is 5.11 Å². The first-order valence-electron chi connectivity index (χ1n) is 5.69. The lowest BCUT2D eigenvalue weighted by Crippen LogP contribution is -2.03. The van der Waals surface area contributed by atoms with Crippen LogP contribution in [-0.4, -0.2) is 5.11 Å². The van der Waals surface area contributed by atoms with Crippen LogP contribution >= 0.6 is 11.6 Å². The molecule has 1 nitrogen and oxygen atoms in total. The van der Waals surface area contributed by atoms with Crippen molar-refractivity contribution in [3.05, 3.63) is 69.5 Å². The number of benzene rings is 2. The van der Waals surface area contributed by atoms with E-state index >= 15 is 0 Å². The maximum absolute atomic E-state index is 13.2. The molecule has 0 saturated heterocycles. The maximum atomic E-state index is 13.2. The van der Waals surface area contributed by atoms with Gasteiger partial charge in [-0.2, -0.15) is 0 Å². The predicted molar refractivity (Wildman–Crippen MR) is 71.4 cm³/mol. The number of aryl methyl sites for hydroxylation is 2. The molecular formula is C15H14ClFO. The second-order valence-electron chi connectivity index (χ2n) is 4.41. The van der Waals surface area contributed by atoms with Crippen LogP contribution in [0.4, 0.5) is 4.39 Å². The van der Waals surface area contributed by atoms with Crippen LogP contribution in [0, 0.1) is 19.7 Å². The van der Waals surface area contributed by atoms with Crippen LogP contribution < -0.4 is 0 Å². The van der Waals surface area contributed by atoms with Gasteiger partial charge in [0.25, 0.3) is 0 Å². The van der Waals surface area contributed by atoms with Gasteiger partial charge in [-0.05, 0) is 54.3 Å². The van der Waals surface area contributed by atoms with E-state index in [2.05, 4.69) is 0 Å². The molecule has 0 aliphatic rings. The second kappa shape index (κ2) is 5.09. The van der Waals surface area contributed by atoms with Gasteiger partial charge in [0.15, 0.2) is 0 Å². The lowest BCUT2D eigenvalue weighted by atomic mass is 9.96. The van der Waals surface area contributed by atoms with E-state index in [4.69, 9.17) is 11.6 Å². The normalized spacial score (nSPS) is 12.5. The van der Waals surface area contributed by atoms with E-state index in [1.165, 1.54) is 12.1 Å². The molecule has 1 N–H and O–H groups in total. The summed E-state index contributed by atoms with van der Waals surface area (Å²) in [5.41, 5.74) is 3.04. The standard InChI is InChI=1S/C15H14ClFO/c1-9-3-5-12(17)8-13(9)15(18)11-4-6-14(16)10(2)7-11/h3-8,15,18H,1-2H3. The van der Waals surface area contributed by atoms with Crippen LogP contribution in [0.1, 0.15) is 28.4 Å². The number of aliphatic hydroxyl groups excluding tert-OH is 1. The van der Waals surface area contributed by atoms with Crippen molar-refractivity contribution < 1.29 is 9.50 Å². The van der Waals surface area contributed by atoms with Gasteiger partial charge in [0.05, 0.1) is 0 Å². The highest BCUT2D eigenvalue weighted by atomic mass is 35.5. The van der Waals surface area contributed by atoms with Crippen molar-refractivity contribution in [2.45, 2.75) is 20.0 Å². The van der Waals surface area contributed by atoms with Crippen molar-refractivity contribution in [1.82, 2.24) is 0 Å². The van der Waals surface area contributed by atoms with Gasteiger partial charge in [0.2, 0.25) is 0 Å². The van der Waals surface area contributed by atoms with Crippen LogP contribution in [0.15, 0.2) is 36.4 Å². The van der Waals surface area contributed by atoms with E-state index in [0.717, 1.165) is 11.1 Å². The van der Waals surface area contributed by atoms with Crippen LogP contribution in [0.2, 0.25) is 5.02 Å². The molecular weight excluding hydrogens is 251 g/mol. The summed E-state index contributed by atoms with van der Waals surface area (Å²) in [6.07, 6.45) is -0.836. The quantitative estimate of drug-likeness (QED) is 0.863. The van der Waals surface area contributed by atoms with Gasteiger partial charge in [-0.15, -0.1) is 0 Å². The molecule has 3 heteroatoms. The lowest BCUT2D eigenvalue weighted by Gasteiger charge is -2.15. The van der Waals surface area contributed by atoms with Crippen molar-refractivity contribution in [3.63, 3.8) is 0 Å². The van der Waals surface area contributed by atoms with E-state index in [1.807, 2.05) is 19.9 Å². The lowest BCUT2D eigenvalue weighted by molar-refractivity contribution is 0.219. The molecule has 0 fully saturated rings. The number of rotatable bonds is 2. The summed E-state index contributed by atoms with van der Waals surface area (Å²) in [4.78, 5) is 0. The molecule has 0 amide bonds. The fraction of sp³-hybridized carbons (Fsp3) is 0.200. The third-order valence-electron chi connectivity index (χ3n) is 3.03. The first-order chi connectivity index (χ1) is 8.49. The average Bonchev–Trinajstić information content (AvgIpc) is 2.35. The summed E-state index contributed by atoms with van der Waals surface area (Å²) in [5, 5.41) is 11.0. The number of aliphatic hydroxyl groups is 1. The largest absolute Gasteiger partial charge is 0.384 e. The average molecular weight is 265 g/mol. The van der Waals surface area contributed by atoms with Gasteiger partial charge >= 0.3 is 0 Å². The molecule has 0 bridgehead atoms. The molecule has 2 aromatic carbocycles. The minimum atomic E-state index is -0.836. The molecule has 0 aliphatic heterocycles. The van der Waals surface area contributed by atoms with Gasteiger partial charge in [-0.25, -0.2) is 4.39 Å². The van der Waals surface area contributed by atoms with Gasteiger partial charge in [0, 0.05) is 5.02 Å². The van der Waals surface area contributed by atoms with Crippen molar-refractivity contribution in [3.8, 4) is 0 Å². The predicted octanol–water partition coefficient (Wildman–Crippen LogP) is 4.18. The summed E-state index contributed by atoms with van der Waals surface area (Å²) >= 11 is 5.95. The van der Waals surface area contributed by atoms with E-state index in [0.29, 0.717) is 16.1 Å². The van der Waals surface area contributed by atoms with Crippen LogP contribution in [0.3, 0.4) is 0 Å². The Bertz CT molecular complexity index is 581. The monoisotopic (exact) mass is 264 g/mol. The summed E-state index contributed by atoms with van der Waals surface area (Å²) < 4.78 is 13.2. The number of halogens is 2.